The van der Waals surface area contributed by atoms with E-state index in [2.05, 4.69) is 255 Å². The van der Waals surface area contributed by atoms with E-state index in [4.69, 9.17) is 74.8 Å². The quantitative estimate of drug-likeness (QED) is 0.0781. The van der Waals surface area contributed by atoms with E-state index in [1.807, 2.05) is 237 Å². The topological polar surface area (TPSA) is 193 Å². The zero-order chi connectivity index (χ0) is 96.7. The van der Waals surface area contributed by atoms with Crippen LogP contribution in [0, 0.1) is 0 Å². The Hall–Kier alpha value is -20.0. The van der Waals surface area contributed by atoms with E-state index in [1.54, 1.807) is 0 Å². The maximum absolute atomic E-state index is 5.36. The molecular weight excluding hydrogens is 1780 g/mol. The summed E-state index contributed by atoms with van der Waals surface area (Å²) >= 11 is 0. The van der Waals surface area contributed by atoms with Crippen molar-refractivity contribution in [3.63, 3.8) is 0 Å². The monoisotopic (exact) mass is 1860 g/mol. The second kappa shape index (κ2) is 37.6. The van der Waals surface area contributed by atoms with Crippen molar-refractivity contribution in [3.8, 4) is 193 Å². The molecular formula is C131H81N15. The lowest BCUT2D eigenvalue weighted by Crippen LogP contribution is -2.08. The van der Waals surface area contributed by atoms with Crippen molar-refractivity contribution < 1.29 is 0 Å². The Morgan fingerprint density at radius 3 is 0.411 bits per heavy atom. The van der Waals surface area contributed by atoms with Gasteiger partial charge >= 0.3 is 0 Å². The van der Waals surface area contributed by atoms with Gasteiger partial charge in [0.05, 0.1) is 0 Å². The fourth-order valence-corrected chi connectivity index (χ4v) is 19.6. The molecule has 680 valence electrons. The molecule has 0 saturated heterocycles. The van der Waals surface area contributed by atoms with Gasteiger partial charge in [-0.05, 0) is 216 Å². The van der Waals surface area contributed by atoms with Crippen molar-refractivity contribution in [2.45, 2.75) is 0 Å². The molecule has 0 unspecified atom stereocenters. The highest BCUT2D eigenvalue weighted by molar-refractivity contribution is 6.11. The molecule has 27 rings (SSSR count). The summed E-state index contributed by atoms with van der Waals surface area (Å²) in [5.74, 6) is 6.75. The second-order valence-corrected chi connectivity index (χ2v) is 36.2. The molecule has 5 heterocycles. The van der Waals surface area contributed by atoms with Crippen molar-refractivity contribution in [3.05, 3.63) is 491 Å². The Labute approximate surface area is 839 Å². The minimum atomic E-state index is 0.222. The van der Waals surface area contributed by atoms with E-state index in [0.29, 0.717) is 64.1 Å². The molecule has 146 heavy (non-hydrogen) atoms. The Morgan fingerprint density at radius 1 is 0.0822 bits per heavy atom. The van der Waals surface area contributed by atoms with Gasteiger partial charge in [0, 0.05) is 61.2 Å². The molecule has 27 aromatic rings. The highest BCUT2D eigenvalue weighted by Gasteiger charge is 2.26. The van der Waals surface area contributed by atoms with Gasteiger partial charge in [-0.3, -0.25) is 0 Å². The highest BCUT2D eigenvalue weighted by Crippen LogP contribution is 2.45. The molecule has 0 saturated carbocycles. The van der Waals surface area contributed by atoms with Crippen molar-refractivity contribution in [2.75, 3.05) is 0 Å². The van der Waals surface area contributed by atoms with Crippen molar-refractivity contribution in [2.24, 2.45) is 0 Å². The zero-order valence-electron chi connectivity index (χ0n) is 78.5. The molecule has 22 aromatic carbocycles. The van der Waals surface area contributed by atoms with Gasteiger partial charge in [-0.2, -0.15) is 0 Å². The van der Waals surface area contributed by atoms with Gasteiger partial charge in [0.1, 0.15) is 0 Å². The summed E-state index contributed by atoms with van der Waals surface area (Å²) in [5.41, 5.74) is 17.8. The molecule has 5 aromatic heterocycles. The number of aromatic nitrogens is 15. The number of fused-ring (bicyclic) bond motifs is 8. The molecule has 0 spiro atoms. The third-order valence-corrected chi connectivity index (χ3v) is 26.8. The van der Waals surface area contributed by atoms with Crippen molar-refractivity contribution in [1.82, 2.24) is 74.8 Å². The van der Waals surface area contributed by atoms with Crippen LogP contribution in [-0.4, -0.2) is 74.8 Å². The first-order valence-electron chi connectivity index (χ1n) is 48.5. The maximum atomic E-state index is 5.36. The summed E-state index contributed by atoms with van der Waals surface area (Å²) < 4.78 is 0. The van der Waals surface area contributed by atoms with Crippen LogP contribution in [0.15, 0.2) is 491 Å². The van der Waals surface area contributed by atoms with E-state index >= 15 is 0 Å². The summed E-state index contributed by atoms with van der Waals surface area (Å²) in [6, 6.07) is 170. The summed E-state index contributed by atoms with van der Waals surface area (Å²) in [6.07, 6.45) is 0. The number of hydrogen-bond acceptors (Lipinski definition) is 15. The van der Waals surface area contributed by atoms with E-state index in [0.717, 1.165) is 138 Å². The minimum Gasteiger partial charge on any atom is -0.208 e. The number of hydrogen-bond donors (Lipinski definition) is 0. The lowest BCUT2D eigenvalue weighted by Gasteiger charge is -2.15. The lowest BCUT2D eigenvalue weighted by atomic mass is 9.90. The third kappa shape index (κ3) is 17.2. The SMILES string of the molecule is c1ccc(-c2nc(-c3ccccc3)nc(-c3ccc(-c4nc(-c5ccccc5)nc(-c5cc(-c6cccc7cc8ccccc8cc67)cc(-c6cccc7cc8ccccc8cc67)c5)n4)cc3)n2)cc1.c1ccc(-c2nc(-c3ccccc3)nc(-c3nc(-c4cc(-c5cccc6cc7ccccc7cc56)cc(-c5cccc6cc7ccccc7cc56)c4)nc(-c4nc(-c5ccccc5)nc(-c5ccccc5)n4)n3)n2)cc1. The third-order valence-electron chi connectivity index (χ3n) is 26.8. The summed E-state index contributed by atoms with van der Waals surface area (Å²) in [5, 5.41) is 18.8. The van der Waals surface area contributed by atoms with Gasteiger partial charge < -0.3 is 0 Å². The predicted molar refractivity (Wildman–Crippen MR) is 592 cm³/mol. The second-order valence-electron chi connectivity index (χ2n) is 36.2. The van der Waals surface area contributed by atoms with Crippen molar-refractivity contribution >= 4 is 86.2 Å². The Kier molecular flexibility index (Phi) is 22.2. The van der Waals surface area contributed by atoms with Crippen LogP contribution in [0.25, 0.3) is 279 Å². The van der Waals surface area contributed by atoms with Crippen LogP contribution in [0.2, 0.25) is 0 Å². The molecule has 0 fully saturated rings. The van der Waals surface area contributed by atoms with Crippen LogP contribution in [-0.2, 0) is 0 Å². The first-order chi connectivity index (χ1) is 72.2. The molecule has 0 aliphatic rings. The van der Waals surface area contributed by atoms with E-state index < -0.39 is 0 Å². The average Bonchev–Trinajstić information content (AvgIpc) is 0.752. The van der Waals surface area contributed by atoms with Gasteiger partial charge in [0.15, 0.2) is 64.1 Å². The first-order valence-corrected chi connectivity index (χ1v) is 48.5. The number of benzene rings is 22. The van der Waals surface area contributed by atoms with E-state index in [-0.39, 0.29) is 23.3 Å². The molecule has 0 N–H and O–H groups in total. The Bertz CT molecular complexity index is 9140. The number of rotatable bonds is 17. The molecule has 15 heteroatoms. The molecule has 0 aliphatic heterocycles. The van der Waals surface area contributed by atoms with Crippen LogP contribution in [0.3, 0.4) is 0 Å². The predicted octanol–water partition coefficient (Wildman–Crippen LogP) is 31.9. The molecule has 15 nitrogen and oxygen atoms in total. The fraction of sp³-hybridized carbons (Fsp3) is 0. The van der Waals surface area contributed by atoms with Crippen LogP contribution in [0.5, 0.6) is 0 Å². The first kappa shape index (κ1) is 86.3. The molecule has 0 atom stereocenters. The van der Waals surface area contributed by atoms with Gasteiger partial charge in [-0.15, -0.1) is 0 Å². The molecule has 0 amide bonds. The van der Waals surface area contributed by atoms with Gasteiger partial charge in [0.25, 0.3) is 0 Å². The van der Waals surface area contributed by atoms with Crippen LogP contribution >= 0.6 is 0 Å². The van der Waals surface area contributed by atoms with Crippen LogP contribution < -0.4 is 0 Å². The standard InChI is InChI=1S/C67H41N9.C64H40N6/c1-5-19-42(20-6-1)59-68-60(43-21-7-2-8-22-43)71-64(70-59)66-74-63(75-67(76-66)65-72-61(44-23-9-3-10-24-44)69-62(73-65)45-25-11-4-12-26-45)54-38-52(55-33-17-31-50-35-46-27-13-15-29-48(46)40-57(50)55)37-53(39-54)56-34-18-32-51-36-47-28-14-16-30-49(47)41-58(51)56;1-4-16-41(17-5-1)59-65-60(42-18-6-2-7-19-42)67-62(66-59)44-30-32-45(33-31-44)63-68-61(43-20-8-3-9-21-43)69-64(70-63)54-37-52(55-28-14-26-50-34-46-22-10-12-24-48(46)39-57(50)55)36-53(38-54)56-29-15-27-51-35-47-23-11-13-25-49(47)40-58(51)56/h1-41H;1-40H. The summed E-state index contributed by atoms with van der Waals surface area (Å²) in [7, 11) is 0. The van der Waals surface area contributed by atoms with Crippen molar-refractivity contribution in [1.29, 1.82) is 0 Å². The zero-order valence-corrected chi connectivity index (χ0v) is 78.5. The molecule has 0 radical (unpaired) electrons. The Balaban J connectivity index is 0.000000149. The maximum Gasteiger partial charge on any atom is 0.202 e. The smallest absolute Gasteiger partial charge is 0.202 e. The summed E-state index contributed by atoms with van der Waals surface area (Å²) in [4.78, 5) is 77.0. The van der Waals surface area contributed by atoms with Gasteiger partial charge in [-0.25, -0.2) is 74.8 Å². The molecule has 0 bridgehead atoms. The lowest BCUT2D eigenvalue weighted by molar-refractivity contribution is 0.978. The van der Waals surface area contributed by atoms with E-state index in [9.17, 15) is 0 Å². The minimum absolute atomic E-state index is 0.222. The normalized spacial score (nSPS) is 11.4. The van der Waals surface area contributed by atoms with Gasteiger partial charge in [0.2, 0.25) is 23.3 Å². The van der Waals surface area contributed by atoms with Gasteiger partial charge in [-0.1, -0.05) is 406 Å². The summed E-state index contributed by atoms with van der Waals surface area (Å²) in [6.45, 7) is 0. The Morgan fingerprint density at radius 2 is 0.219 bits per heavy atom. The largest absolute Gasteiger partial charge is 0.208 e. The van der Waals surface area contributed by atoms with Crippen LogP contribution in [0.1, 0.15) is 0 Å². The average molecular weight is 1870 g/mol. The fourth-order valence-electron chi connectivity index (χ4n) is 19.6. The van der Waals surface area contributed by atoms with E-state index in [1.165, 1.54) is 53.9 Å². The highest BCUT2D eigenvalue weighted by atomic mass is 15.1. The molecule has 0 aliphatic carbocycles. The number of nitrogens with zero attached hydrogens (tertiary/aromatic N) is 15. The van der Waals surface area contributed by atoms with Crippen LogP contribution in [0.4, 0.5) is 0 Å².